The van der Waals surface area contributed by atoms with Gasteiger partial charge >= 0.3 is 0 Å². The van der Waals surface area contributed by atoms with Gasteiger partial charge in [-0.05, 0) is 17.5 Å². The van der Waals surface area contributed by atoms with E-state index in [1.807, 2.05) is 65.3 Å². The molecule has 0 saturated carbocycles. The summed E-state index contributed by atoms with van der Waals surface area (Å²) in [6.45, 7) is 4.28. The Labute approximate surface area is 215 Å². The van der Waals surface area contributed by atoms with Crippen LogP contribution >= 0.6 is 11.8 Å². The molecule has 4 aromatic rings. The molecule has 4 rings (SSSR count). The Hall–Kier alpha value is -3.43. The van der Waals surface area contributed by atoms with Crippen molar-refractivity contribution in [3.05, 3.63) is 78.0 Å². The Balaban J connectivity index is 1.50. The number of ether oxygens (including phenoxy) is 1. The van der Waals surface area contributed by atoms with Gasteiger partial charge in [-0.1, -0.05) is 79.3 Å². The quantitative estimate of drug-likeness (QED) is 0.159. The summed E-state index contributed by atoms with van der Waals surface area (Å²) < 4.78 is 6.99. The van der Waals surface area contributed by atoms with E-state index in [2.05, 4.69) is 27.6 Å². The number of hydrogen-bond acceptors (Lipinski definition) is 7. The standard InChI is InChI=1S/C27H32N6O2S/c1-3-18-36-27-31-24(28-15-17-35-2)22-19-30-33(25(22)32-27)16-14-29-26(34)23(20-10-6-4-7-11-20)21-12-8-5-9-13-21/h4-13,19,23H,3,14-18H2,1-2H3,(H,29,34)(H,28,31,32). The number of fused-ring (bicyclic) bond motifs is 1. The number of carbonyl (C=O) groups is 1. The minimum absolute atomic E-state index is 0.0420. The maximum absolute atomic E-state index is 13.3. The lowest BCUT2D eigenvalue weighted by atomic mass is 9.90. The molecule has 0 unspecified atom stereocenters. The van der Waals surface area contributed by atoms with Crippen LogP contribution in [0, 0.1) is 0 Å². The molecule has 0 aliphatic heterocycles. The van der Waals surface area contributed by atoms with Gasteiger partial charge in [0.25, 0.3) is 0 Å². The highest BCUT2D eigenvalue weighted by Crippen LogP contribution is 2.26. The highest BCUT2D eigenvalue weighted by Gasteiger charge is 2.22. The summed E-state index contributed by atoms with van der Waals surface area (Å²) in [5, 5.41) is 12.5. The largest absolute Gasteiger partial charge is 0.383 e. The highest BCUT2D eigenvalue weighted by molar-refractivity contribution is 7.99. The number of hydrogen-bond donors (Lipinski definition) is 2. The molecule has 0 aliphatic carbocycles. The SMILES string of the molecule is CCCSc1nc(NCCOC)c2cnn(CCNC(=O)C(c3ccccc3)c3ccccc3)c2n1. The van der Waals surface area contributed by atoms with Gasteiger partial charge in [-0.3, -0.25) is 4.79 Å². The van der Waals surface area contributed by atoms with Crippen molar-refractivity contribution < 1.29 is 9.53 Å². The second-order valence-electron chi connectivity index (χ2n) is 8.27. The molecule has 0 radical (unpaired) electrons. The summed E-state index contributed by atoms with van der Waals surface area (Å²) in [7, 11) is 1.67. The number of anilines is 1. The molecule has 0 aliphatic rings. The van der Waals surface area contributed by atoms with E-state index in [4.69, 9.17) is 9.72 Å². The zero-order valence-electron chi connectivity index (χ0n) is 20.7. The molecular weight excluding hydrogens is 472 g/mol. The smallest absolute Gasteiger partial charge is 0.232 e. The maximum Gasteiger partial charge on any atom is 0.232 e. The molecule has 0 bridgehead atoms. The zero-order valence-corrected chi connectivity index (χ0v) is 21.5. The molecule has 2 N–H and O–H groups in total. The fourth-order valence-electron chi connectivity index (χ4n) is 3.94. The van der Waals surface area contributed by atoms with Crippen molar-refractivity contribution in [1.29, 1.82) is 0 Å². The Bertz CT molecular complexity index is 1210. The molecule has 36 heavy (non-hydrogen) atoms. The molecule has 8 nitrogen and oxygen atoms in total. The Morgan fingerprint density at radius 2 is 1.72 bits per heavy atom. The minimum atomic E-state index is -0.377. The van der Waals surface area contributed by atoms with Gasteiger partial charge in [0, 0.05) is 26.0 Å². The van der Waals surface area contributed by atoms with E-state index in [0.29, 0.717) is 31.4 Å². The summed E-state index contributed by atoms with van der Waals surface area (Å²) in [6, 6.07) is 19.7. The second kappa shape index (κ2) is 13.0. The first-order valence-electron chi connectivity index (χ1n) is 12.2. The second-order valence-corrected chi connectivity index (χ2v) is 9.34. The lowest BCUT2D eigenvalue weighted by Gasteiger charge is -2.18. The van der Waals surface area contributed by atoms with E-state index in [0.717, 1.165) is 40.2 Å². The first-order chi connectivity index (χ1) is 17.7. The van der Waals surface area contributed by atoms with Crippen molar-refractivity contribution in [2.75, 3.05) is 37.9 Å². The van der Waals surface area contributed by atoms with Gasteiger partial charge in [0.15, 0.2) is 10.8 Å². The van der Waals surface area contributed by atoms with Gasteiger partial charge in [-0.2, -0.15) is 5.10 Å². The van der Waals surface area contributed by atoms with Crippen LogP contribution in [0.3, 0.4) is 0 Å². The van der Waals surface area contributed by atoms with Gasteiger partial charge < -0.3 is 15.4 Å². The van der Waals surface area contributed by atoms with Gasteiger partial charge in [-0.25, -0.2) is 14.6 Å². The normalized spacial score (nSPS) is 11.2. The number of carbonyl (C=O) groups excluding carboxylic acids is 1. The van der Waals surface area contributed by atoms with Crippen molar-refractivity contribution in [1.82, 2.24) is 25.1 Å². The van der Waals surface area contributed by atoms with E-state index in [9.17, 15) is 4.79 Å². The van der Waals surface area contributed by atoms with Crippen LogP contribution in [0.15, 0.2) is 72.0 Å². The Morgan fingerprint density at radius 1 is 1.03 bits per heavy atom. The first-order valence-corrected chi connectivity index (χ1v) is 13.2. The fraction of sp³-hybridized carbons (Fsp3) is 0.333. The fourth-order valence-corrected chi connectivity index (χ4v) is 4.63. The number of nitrogens with one attached hydrogen (secondary N) is 2. The van der Waals surface area contributed by atoms with Crippen molar-refractivity contribution >= 4 is 34.5 Å². The number of thioether (sulfide) groups is 1. The van der Waals surface area contributed by atoms with Crippen LogP contribution in [0.5, 0.6) is 0 Å². The van der Waals surface area contributed by atoms with Crippen LogP contribution in [0.1, 0.15) is 30.4 Å². The van der Waals surface area contributed by atoms with Crippen LogP contribution in [-0.4, -0.2) is 58.2 Å². The van der Waals surface area contributed by atoms with E-state index < -0.39 is 0 Å². The molecule has 9 heteroatoms. The van der Waals surface area contributed by atoms with Crippen LogP contribution in [0.2, 0.25) is 0 Å². The van der Waals surface area contributed by atoms with Gasteiger partial charge in [-0.15, -0.1) is 0 Å². The average molecular weight is 505 g/mol. The van der Waals surface area contributed by atoms with E-state index >= 15 is 0 Å². The average Bonchev–Trinajstić information content (AvgIpc) is 3.32. The number of rotatable bonds is 13. The number of benzene rings is 2. The van der Waals surface area contributed by atoms with E-state index in [1.54, 1.807) is 25.1 Å². The highest BCUT2D eigenvalue weighted by atomic mass is 32.2. The molecule has 2 aromatic carbocycles. The molecule has 2 aromatic heterocycles. The number of amides is 1. The van der Waals surface area contributed by atoms with Crippen LogP contribution < -0.4 is 10.6 Å². The Kier molecular flexibility index (Phi) is 9.29. The molecule has 1 amide bonds. The molecule has 0 saturated heterocycles. The summed E-state index contributed by atoms with van der Waals surface area (Å²) in [5.74, 6) is 1.27. The summed E-state index contributed by atoms with van der Waals surface area (Å²) in [6.07, 6.45) is 2.81. The van der Waals surface area contributed by atoms with Crippen LogP contribution in [0.4, 0.5) is 5.82 Å². The van der Waals surface area contributed by atoms with Gasteiger partial charge in [0.1, 0.15) is 5.82 Å². The van der Waals surface area contributed by atoms with Crippen LogP contribution in [-0.2, 0) is 16.1 Å². The van der Waals surface area contributed by atoms with Gasteiger partial charge in [0.2, 0.25) is 5.91 Å². The van der Waals surface area contributed by atoms with E-state index in [1.165, 1.54) is 0 Å². The predicted octanol–water partition coefficient (Wildman–Crippen LogP) is 4.34. The van der Waals surface area contributed by atoms with E-state index in [-0.39, 0.29) is 11.8 Å². The summed E-state index contributed by atoms with van der Waals surface area (Å²) in [4.78, 5) is 22.8. The number of aromatic nitrogens is 4. The molecule has 0 spiro atoms. The maximum atomic E-state index is 13.3. The summed E-state index contributed by atoms with van der Waals surface area (Å²) >= 11 is 1.62. The number of methoxy groups -OCH3 is 1. The Morgan fingerprint density at radius 3 is 2.36 bits per heavy atom. The number of nitrogens with zero attached hydrogens (tertiary/aromatic N) is 4. The molecule has 0 fully saturated rings. The van der Waals surface area contributed by atoms with Crippen molar-refractivity contribution in [3.63, 3.8) is 0 Å². The zero-order chi connectivity index (χ0) is 25.2. The van der Waals surface area contributed by atoms with Crippen LogP contribution in [0.25, 0.3) is 11.0 Å². The molecule has 2 heterocycles. The monoisotopic (exact) mass is 504 g/mol. The van der Waals surface area contributed by atoms with Crippen molar-refractivity contribution in [2.45, 2.75) is 31.0 Å². The first kappa shape index (κ1) is 25.7. The third-order valence-electron chi connectivity index (χ3n) is 5.66. The summed E-state index contributed by atoms with van der Waals surface area (Å²) in [5.41, 5.74) is 2.67. The lowest BCUT2D eigenvalue weighted by molar-refractivity contribution is -0.121. The molecule has 0 atom stereocenters. The van der Waals surface area contributed by atoms with Gasteiger partial charge in [0.05, 0.1) is 30.7 Å². The topological polar surface area (TPSA) is 94.0 Å². The molecular formula is C27H32N6O2S. The molecule has 188 valence electrons. The third kappa shape index (κ3) is 6.41. The minimum Gasteiger partial charge on any atom is -0.383 e. The van der Waals surface area contributed by atoms with Crippen molar-refractivity contribution in [2.24, 2.45) is 0 Å². The third-order valence-corrected chi connectivity index (χ3v) is 6.71. The predicted molar refractivity (Wildman–Crippen MR) is 144 cm³/mol. The lowest BCUT2D eigenvalue weighted by Crippen LogP contribution is -2.32. The van der Waals surface area contributed by atoms with Crippen molar-refractivity contribution in [3.8, 4) is 0 Å².